The summed E-state index contributed by atoms with van der Waals surface area (Å²) >= 11 is 0. The van der Waals surface area contributed by atoms with E-state index in [0.29, 0.717) is 12.3 Å². The maximum Gasteiger partial charge on any atom is 0.240 e. The van der Waals surface area contributed by atoms with Gasteiger partial charge in [-0.05, 0) is 44.2 Å². The minimum Gasteiger partial charge on any atom is -0.497 e. The van der Waals surface area contributed by atoms with Crippen LogP contribution in [0.4, 0.5) is 0 Å². The molecular formula is C14H19N3O3S. The molecule has 0 amide bonds. The average molecular weight is 309 g/mol. The summed E-state index contributed by atoms with van der Waals surface area (Å²) in [6.07, 6.45) is 0. The molecule has 0 aliphatic heterocycles. The molecule has 0 bridgehead atoms. The average Bonchev–Trinajstić information content (AvgIpc) is 2.85. The smallest absolute Gasteiger partial charge is 0.240 e. The van der Waals surface area contributed by atoms with Crippen molar-refractivity contribution in [2.45, 2.75) is 31.8 Å². The van der Waals surface area contributed by atoms with Crippen molar-refractivity contribution in [1.82, 2.24) is 14.5 Å². The van der Waals surface area contributed by atoms with Crippen molar-refractivity contribution < 1.29 is 13.2 Å². The number of benzene rings is 1. The van der Waals surface area contributed by atoms with E-state index in [-0.39, 0.29) is 11.4 Å². The van der Waals surface area contributed by atoms with E-state index < -0.39 is 10.0 Å². The van der Waals surface area contributed by atoms with E-state index >= 15 is 0 Å². The lowest BCUT2D eigenvalue weighted by Crippen LogP contribution is -2.24. The fourth-order valence-electron chi connectivity index (χ4n) is 2.02. The molecule has 0 saturated heterocycles. The standard InChI is InChI=1S/C14H19N3O3S/c1-4-17-12(9-11(2)16-17)10-15-21(18,19)14-7-5-13(20-3)6-8-14/h5-9,15H,4,10H2,1-3H3. The Kier molecular flexibility index (Phi) is 4.64. The first-order valence-electron chi connectivity index (χ1n) is 6.63. The lowest BCUT2D eigenvalue weighted by Gasteiger charge is -2.08. The summed E-state index contributed by atoms with van der Waals surface area (Å²) in [5, 5.41) is 4.29. The Bertz CT molecular complexity index is 706. The number of hydrogen-bond acceptors (Lipinski definition) is 4. The zero-order chi connectivity index (χ0) is 15.5. The number of hydrogen-bond donors (Lipinski definition) is 1. The maximum absolute atomic E-state index is 12.2. The minimum atomic E-state index is -3.55. The van der Waals surface area contributed by atoms with Gasteiger partial charge >= 0.3 is 0 Å². The van der Waals surface area contributed by atoms with Crippen molar-refractivity contribution >= 4 is 10.0 Å². The molecule has 1 aromatic carbocycles. The molecule has 0 aliphatic carbocycles. The van der Waals surface area contributed by atoms with Gasteiger partial charge in [0.2, 0.25) is 10.0 Å². The first kappa shape index (κ1) is 15.5. The fraction of sp³-hybridized carbons (Fsp3) is 0.357. The first-order valence-corrected chi connectivity index (χ1v) is 8.11. The number of sulfonamides is 1. The van der Waals surface area contributed by atoms with E-state index in [4.69, 9.17) is 4.74 Å². The number of nitrogens with zero attached hydrogens (tertiary/aromatic N) is 2. The number of nitrogens with one attached hydrogen (secondary N) is 1. The van der Waals surface area contributed by atoms with Crippen molar-refractivity contribution in [2.24, 2.45) is 0 Å². The second-order valence-electron chi connectivity index (χ2n) is 4.59. The number of aromatic nitrogens is 2. The number of rotatable bonds is 6. The molecule has 2 rings (SSSR count). The monoisotopic (exact) mass is 309 g/mol. The van der Waals surface area contributed by atoms with Gasteiger partial charge in [0.1, 0.15) is 5.75 Å². The molecule has 0 saturated carbocycles. The van der Waals surface area contributed by atoms with E-state index in [9.17, 15) is 8.42 Å². The predicted molar refractivity (Wildman–Crippen MR) is 79.7 cm³/mol. The molecule has 7 heteroatoms. The van der Waals surface area contributed by atoms with Crippen LogP contribution in [0.2, 0.25) is 0 Å². The third-order valence-electron chi connectivity index (χ3n) is 3.10. The molecule has 0 radical (unpaired) electrons. The van der Waals surface area contributed by atoms with Gasteiger partial charge < -0.3 is 4.74 Å². The highest BCUT2D eigenvalue weighted by atomic mass is 32.2. The van der Waals surface area contributed by atoms with Gasteiger partial charge in [0.15, 0.2) is 0 Å². The molecule has 6 nitrogen and oxygen atoms in total. The molecule has 0 spiro atoms. The van der Waals surface area contributed by atoms with Gasteiger partial charge in [-0.2, -0.15) is 5.10 Å². The van der Waals surface area contributed by atoms with E-state index in [1.54, 1.807) is 16.8 Å². The maximum atomic E-state index is 12.2. The van der Waals surface area contributed by atoms with Crippen LogP contribution in [-0.2, 0) is 23.1 Å². The van der Waals surface area contributed by atoms with Crippen LogP contribution in [0.15, 0.2) is 35.2 Å². The summed E-state index contributed by atoms with van der Waals surface area (Å²) in [6.45, 7) is 4.76. The van der Waals surface area contributed by atoms with Gasteiger partial charge in [0.05, 0.1) is 29.9 Å². The zero-order valence-electron chi connectivity index (χ0n) is 12.3. The summed E-state index contributed by atoms with van der Waals surface area (Å²) in [7, 11) is -2.01. The molecule has 0 aliphatic rings. The lowest BCUT2D eigenvalue weighted by molar-refractivity contribution is 0.414. The summed E-state index contributed by atoms with van der Waals surface area (Å²) in [4.78, 5) is 0.211. The summed E-state index contributed by atoms with van der Waals surface area (Å²) in [5.41, 5.74) is 1.71. The van der Waals surface area contributed by atoms with E-state index in [2.05, 4.69) is 9.82 Å². The van der Waals surface area contributed by atoms with Gasteiger partial charge in [-0.15, -0.1) is 0 Å². The molecule has 1 heterocycles. The first-order chi connectivity index (χ1) is 9.96. The van der Waals surface area contributed by atoms with Crippen molar-refractivity contribution in [3.8, 4) is 5.75 Å². The SMILES string of the molecule is CCn1nc(C)cc1CNS(=O)(=O)c1ccc(OC)cc1. The molecule has 0 atom stereocenters. The molecule has 2 aromatic rings. The molecule has 1 N–H and O–H groups in total. The Morgan fingerprint density at radius 3 is 2.52 bits per heavy atom. The Hall–Kier alpha value is -1.86. The highest BCUT2D eigenvalue weighted by Crippen LogP contribution is 2.15. The van der Waals surface area contributed by atoms with E-state index in [1.165, 1.54) is 19.2 Å². The lowest BCUT2D eigenvalue weighted by atomic mass is 10.3. The number of methoxy groups -OCH3 is 1. The van der Waals surface area contributed by atoms with Crippen LogP contribution >= 0.6 is 0 Å². The van der Waals surface area contributed by atoms with Crippen molar-refractivity contribution in [2.75, 3.05) is 7.11 Å². The van der Waals surface area contributed by atoms with Crippen LogP contribution in [-0.4, -0.2) is 25.3 Å². The molecule has 21 heavy (non-hydrogen) atoms. The van der Waals surface area contributed by atoms with Crippen LogP contribution < -0.4 is 9.46 Å². The largest absolute Gasteiger partial charge is 0.497 e. The van der Waals surface area contributed by atoms with Gasteiger partial charge in [-0.1, -0.05) is 0 Å². The normalized spacial score (nSPS) is 11.6. The van der Waals surface area contributed by atoms with Crippen molar-refractivity contribution in [1.29, 1.82) is 0 Å². The Labute approximate surface area is 124 Å². The third kappa shape index (κ3) is 3.62. The zero-order valence-corrected chi connectivity index (χ0v) is 13.1. The fourth-order valence-corrected chi connectivity index (χ4v) is 3.02. The highest BCUT2D eigenvalue weighted by Gasteiger charge is 2.15. The highest BCUT2D eigenvalue weighted by molar-refractivity contribution is 7.89. The number of ether oxygens (including phenoxy) is 1. The molecule has 0 fully saturated rings. The predicted octanol–water partition coefficient (Wildman–Crippen LogP) is 1.70. The van der Waals surface area contributed by atoms with E-state index in [1.807, 2.05) is 19.9 Å². The molecular weight excluding hydrogens is 290 g/mol. The van der Waals surface area contributed by atoms with Crippen LogP contribution in [0.1, 0.15) is 18.3 Å². The summed E-state index contributed by atoms with van der Waals surface area (Å²) in [5.74, 6) is 0.619. The number of aryl methyl sites for hydroxylation is 2. The molecule has 114 valence electrons. The summed E-state index contributed by atoms with van der Waals surface area (Å²) in [6, 6.07) is 8.15. The topological polar surface area (TPSA) is 73.2 Å². The van der Waals surface area contributed by atoms with Crippen LogP contribution in [0.25, 0.3) is 0 Å². The summed E-state index contributed by atoms with van der Waals surface area (Å²) < 4.78 is 33.8. The second-order valence-corrected chi connectivity index (χ2v) is 6.36. The third-order valence-corrected chi connectivity index (χ3v) is 4.52. The Morgan fingerprint density at radius 2 is 1.95 bits per heavy atom. The van der Waals surface area contributed by atoms with Crippen molar-refractivity contribution in [3.05, 3.63) is 41.7 Å². The second kappa shape index (κ2) is 6.28. The molecule has 1 aromatic heterocycles. The van der Waals surface area contributed by atoms with Crippen LogP contribution in [0, 0.1) is 6.92 Å². The van der Waals surface area contributed by atoms with Gasteiger partial charge in [-0.25, -0.2) is 13.1 Å². The Morgan fingerprint density at radius 1 is 1.29 bits per heavy atom. The van der Waals surface area contributed by atoms with Gasteiger partial charge in [0, 0.05) is 6.54 Å². The minimum absolute atomic E-state index is 0.211. The van der Waals surface area contributed by atoms with Gasteiger partial charge in [0.25, 0.3) is 0 Å². The quantitative estimate of drug-likeness (QED) is 0.881. The van der Waals surface area contributed by atoms with Crippen molar-refractivity contribution in [3.63, 3.8) is 0 Å². The Balaban J connectivity index is 2.13. The van der Waals surface area contributed by atoms with Crippen LogP contribution in [0.5, 0.6) is 5.75 Å². The molecule has 0 unspecified atom stereocenters. The van der Waals surface area contributed by atoms with Crippen LogP contribution in [0.3, 0.4) is 0 Å². The van der Waals surface area contributed by atoms with Gasteiger partial charge in [-0.3, -0.25) is 4.68 Å². The van der Waals surface area contributed by atoms with E-state index in [0.717, 1.165) is 11.4 Å².